The molecule has 0 fully saturated rings. The topological polar surface area (TPSA) is 21.3 Å². The van der Waals surface area contributed by atoms with Gasteiger partial charge in [-0.2, -0.15) is 0 Å². The summed E-state index contributed by atoms with van der Waals surface area (Å²) < 4.78 is 39.7. The highest BCUT2D eigenvalue weighted by atomic mass is 19.4. The van der Waals surface area contributed by atoms with E-state index in [9.17, 15) is 13.2 Å². The predicted octanol–water partition coefficient (Wildman–Crippen LogP) is 3.80. The van der Waals surface area contributed by atoms with Crippen LogP contribution < -0.4 is 10.1 Å². The van der Waals surface area contributed by atoms with E-state index in [2.05, 4.69) is 10.1 Å². The number of nitrogens with one attached hydrogen (secondary N) is 1. The van der Waals surface area contributed by atoms with Crippen molar-refractivity contribution in [3.63, 3.8) is 0 Å². The Morgan fingerprint density at radius 2 is 2.06 bits per heavy atom. The summed E-state index contributed by atoms with van der Waals surface area (Å²) in [4.78, 5) is 0. The van der Waals surface area contributed by atoms with Gasteiger partial charge in [-0.1, -0.05) is 13.0 Å². The molecule has 90 valence electrons. The Hall–Kier alpha value is -1.39. The van der Waals surface area contributed by atoms with Gasteiger partial charge in [0.2, 0.25) is 0 Å². The lowest BCUT2D eigenvalue weighted by molar-refractivity contribution is -0.274. The zero-order chi connectivity index (χ0) is 12.2. The maximum absolute atomic E-state index is 12.0. The van der Waals surface area contributed by atoms with Gasteiger partial charge in [0.25, 0.3) is 0 Å². The Morgan fingerprint density at radius 3 is 2.62 bits per heavy atom. The Morgan fingerprint density at radius 1 is 1.38 bits per heavy atom. The second kappa shape index (κ2) is 5.09. The largest absolute Gasteiger partial charge is 0.573 e. The van der Waals surface area contributed by atoms with Crippen molar-refractivity contribution in [1.82, 2.24) is 0 Å². The lowest BCUT2D eigenvalue weighted by Crippen LogP contribution is -2.17. The molecular formula is C11H14F3NO. The lowest BCUT2D eigenvalue weighted by atomic mass is 10.2. The highest BCUT2D eigenvalue weighted by Gasteiger charge is 2.31. The third-order valence-electron chi connectivity index (χ3n) is 2.09. The van der Waals surface area contributed by atoms with Gasteiger partial charge in [-0.05, 0) is 25.5 Å². The molecule has 0 bridgehead atoms. The zero-order valence-corrected chi connectivity index (χ0v) is 9.14. The van der Waals surface area contributed by atoms with E-state index >= 15 is 0 Å². The SMILES string of the molecule is CCC(C)Nc1cccc(OC(F)(F)F)c1. The van der Waals surface area contributed by atoms with Crippen LogP contribution >= 0.6 is 0 Å². The first-order valence-corrected chi connectivity index (χ1v) is 5.03. The summed E-state index contributed by atoms with van der Waals surface area (Å²) >= 11 is 0. The highest BCUT2D eigenvalue weighted by Crippen LogP contribution is 2.25. The minimum atomic E-state index is -4.64. The smallest absolute Gasteiger partial charge is 0.406 e. The average Bonchev–Trinajstić information content (AvgIpc) is 2.15. The van der Waals surface area contributed by atoms with E-state index in [1.54, 1.807) is 6.07 Å². The molecule has 0 saturated carbocycles. The predicted molar refractivity (Wildman–Crippen MR) is 56.5 cm³/mol. The molecule has 0 aliphatic heterocycles. The van der Waals surface area contributed by atoms with Gasteiger partial charge in [0, 0.05) is 17.8 Å². The maximum atomic E-state index is 12.0. The molecule has 16 heavy (non-hydrogen) atoms. The number of hydrogen-bond donors (Lipinski definition) is 1. The Balaban J connectivity index is 2.71. The molecule has 2 nitrogen and oxygen atoms in total. The molecule has 1 aromatic carbocycles. The molecule has 0 heterocycles. The first kappa shape index (κ1) is 12.7. The Bertz CT molecular complexity index is 338. The van der Waals surface area contributed by atoms with Crippen molar-refractivity contribution in [3.05, 3.63) is 24.3 Å². The van der Waals surface area contributed by atoms with Gasteiger partial charge in [-0.25, -0.2) is 0 Å². The number of hydrogen-bond acceptors (Lipinski definition) is 2. The minimum absolute atomic E-state index is 0.208. The summed E-state index contributed by atoms with van der Waals surface area (Å²) in [5, 5.41) is 3.07. The van der Waals surface area contributed by atoms with Crippen LogP contribution in [0.2, 0.25) is 0 Å². The van der Waals surface area contributed by atoms with Crippen LogP contribution in [0.3, 0.4) is 0 Å². The van der Waals surface area contributed by atoms with Crippen molar-refractivity contribution in [2.75, 3.05) is 5.32 Å². The summed E-state index contributed by atoms with van der Waals surface area (Å²) in [6.07, 6.45) is -3.75. The second-order valence-electron chi connectivity index (χ2n) is 3.53. The summed E-state index contributed by atoms with van der Waals surface area (Å²) in [7, 11) is 0. The molecule has 0 spiro atoms. The zero-order valence-electron chi connectivity index (χ0n) is 9.14. The molecule has 0 saturated heterocycles. The number of alkyl halides is 3. The molecule has 1 aromatic rings. The molecule has 0 aliphatic carbocycles. The summed E-state index contributed by atoms with van der Waals surface area (Å²) in [6.45, 7) is 3.95. The molecule has 1 unspecified atom stereocenters. The van der Waals surface area contributed by atoms with E-state index in [1.165, 1.54) is 18.2 Å². The second-order valence-corrected chi connectivity index (χ2v) is 3.53. The summed E-state index contributed by atoms with van der Waals surface area (Å²) in [5.41, 5.74) is 0.621. The van der Waals surface area contributed by atoms with Crippen molar-refractivity contribution in [3.8, 4) is 5.75 Å². The fraction of sp³-hybridized carbons (Fsp3) is 0.455. The van der Waals surface area contributed by atoms with Crippen LogP contribution in [0.5, 0.6) is 5.75 Å². The van der Waals surface area contributed by atoms with Gasteiger partial charge in [-0.15, -0.1) is 13.2 Å². The number of halogens is 3. The molecular weight excluding hydrogens is 219 g/mol. The molecule has 0 aliphatic rings. The van der Waals surface area contributed by atoms with Crippen LogP contribution in [0.1, 0.15) is 20.3 Å². The van der Waals surface area contributed by atoms with Crippen molar-refractivity contribution >= 4 is 5.69 Å². The molecule has 1 N–H and O–H groups in total. The molecule has 5 heteroatoms. The van der Waals surface area contributed by atoms with Crippen LogP contribution in [0.25, 0.3) is 0 Å². The van der Waals surface area contributed by atoms with E-state index in [4.69, 9.17) is 0 Å². The van der Waals surface area contributed by atoms with Gasteiger partial charge in [-0.3, -0.25) is 0 Å². The maximum Gasteiger partial charge on any atom is 0.573 e. The number of anilines is 1. The van der Waals surface area contributed by atoms with Crippen molar-refractivity contribution in [1.29, 1.82) is 0 Å². The number of benzene rings is 1. The van der Waals surface area contributed by atoms with E-state index in [1.807, 2.05) is 13.8 Å². The molecule has 1 atom stereocenters. The summed E-state index contributed by atoms with van der Waals surface area (Å²) in [5.74, 6) is -0.208. The van der Waals surface area contributed by atoms with E-state index in [0.717, 1.165) is 6.42 Å². The van der Waals surface area contributed by atoms with Crippen LogP contribution in [0.4, 0.5) is 18.9 Å². The molecule has 0 amide bonds. The van der Waals surface area contributed by atoms with E-state index in [-0.39, 0.29) is 11.8 Å². The normalized spacial score (nSPS) is 13.3. The molecule has 1 rings (SSSR count). The molecule has 0 radical (unpaired) electrons. The first-order valence-electron chi connectivity index (χ1n) is 5.03. The van der Waals surface area contributed by atoms with Gasteiger partial charge in [0.1, 0.15) is 5.75 Å². The van der Waals surface area contributed by atoms with Gasteiger partial charge < -0.3 is 10.1 Å². The van der Waals surface area contributed by atoms with Crippen molar-refractivity contribution in [2.45, 2.75) is 32.7 Å². The van der Waals surface area contributed by atoms with Crippen molar-refractivity contribution < 1.29 is 17.9 Å². The van der Waals surface area contributed by atoms with Crippen LogP contribution in [0.15, 0.2) is 24.3 Å². The van der Waals surface area contributed by atoms with E-state index < -0.39 is 6.36 Å². The average molecular weight is 233 g/mol. The lowest BCUT2D eigenvalue weighted by Gasteiger charge is -2.14. The summed E-state index contributed by atoms with van der Waals surface area (Å²) in [6, 6.07) is 6.04. The highest BCUT2D eigenvalue weighted by molar-refractivity contribution is 5.48. The first-order chi connectivity index (χ1) is 7.40. The minimum Gasteiger partial charge on any atom is -0.406 e. The van der Waals surface area contributed by atoms with Gasteiger partial charge in [0.05, 0.1) is 0 Å². The fourth-order valence-electron chi connectivity index (χ4n) is 1.17. The van der Waals surface area contributed by atoms with Crippen LogP contribution in [-0.4, -0.2) is 12.4 Å². The fourth-order valence-corrected chi connectivity index (χ4v) is 1.17. The Labute approximate surface area is 92.4 Å². The monoisotopic (exact) mass is 233 g/mol. The third-order valence-corrected chi connectivity index (χ3v) is 2.09. The number of rotatable bonds is 4. The standard InChI is InChI=1S/C11H14F3NO/c1-3-8(2)15-9-5-4-6-10(7-9)16-11(12,13)14/h4-8,15H,3H2,1-2H3. The Kier molecular flexibility index (Phi) is 4.04. The number of ether oxygens (including phenoxy) is 1. The quantitative estimate of drug-likeness (QED) is 0.854. The third kappa shape index (κ3) is 4.42. The van der Waals surface area contributed by atoms with Crippen molar-refractivity contribution in [2.24, 2.45) is 0 Å². The van der Waals surface area contributed by atoms with Gasteiger partial charge in [0.15, 0.2) is 0 Å². The molecule has 0 aromatic heterocycles. The van der Waals surface area contributed by atoms with E-state index in [0.29, 0.717) is 5.69 Å². The van der Waals surface area contributed by atoms with Crippen LogP contribution in [-0.2, 0) is 0 Å². The van der Waals surface area contributed by atoms with Gasteiger partial charge >= 0.3 is 6.36 Å². The van der Waals surface area contributed by atoms with Crippen LogP contribution in [0, 0.1) is 0 Å².